The summed E-state index contributed by atoms with van der Waals surface area (Å²) in [5.41, 5.74) is 6.35. The second-order valence-corrected chi connectivity index (χ2v) is 5.62. The van der Waals surface area contributed by atoms with Crippen molar-refractivity contribution in [2.24, 2.45) is 0 Å². The van der Waals surface area contributed by atoms with Gasteiger partial charge in [0.15, 0.2) is 0 Å². The van der Waals surface area contributed by atoms with E-state index >= 15 is 0 Å². The summed E-state index contributed by atoms with van der Waals surface area (Å²) in [5, 5.41) is 9.71. The zero-order chi connectivity index (χ0) is 11.6. The van der Waals surface area contributed by atoms with E-state index in [4.69, 9.17) is 5.73 Å². The first-order valence-corrected chi connectivity index (χ1v) is 6.82. The molecule has 2 aromatic heterocycles. The Balaban J connectivity index is 2.13. The summed E-state index contributed by atoms with van der Waals surface area (Å²) in [7, 11) is -3.59. The number of nitrogens with two attached hydrogens (primary N) is 1. The monoisotopic (exact) mass is 258 g/mol. The van der Waals surface area contributed by atoms with Crippen molar-refractivity contribution < 1.29 is 8.42 Å². The SMILES string of the molecule is Nc1[nH]ncc1S(=O)(=O)NCc1ccsc1. The number of nitrogens with one attached hydrogen (secondary N) is 2. The fourth-order valence-corrected chi connectivity index (χ4v) is 2.86. The van der Waals surface area contributed by atoms with Crippen LogP contribution in [0.1, 0.15) is 5.56 Å². The fourth-order valence-electron chi connectivity index (χ4n) is 1.15. The van der Waals surface area contributed by atoms with Gasteiger partial charge in [0.05, 0.1) is 6.20 Å². The molecule has 0 saturated heterocycles. The number of aromatic amines is 1. The molecule has 0 bridgehead atoms. The molecule has 0 atom stereocenters. The van der Waals surface area contributed by atoms with Gasteiger partial charge in [0.1, 0.15) is 10.7 Å². The summed E-state index contributed by atoms with van der Waals surface area (Å²) in [5.74, 6) is 0.0396. The Morgan fingerprint density at radius 2 is 2.38 bits per heavy atom. The lowest BCUT2D eigenvalue weighted by Crippen LogP contribution is -2.23. The third kappa shape index (κ3) is 2.23. The van der Waals surface area contributed by atoms with Crippen molar-refractivity contribution in [3.63, 3.8) is 0 Å². The van der Waals surface area contributed by atoms with Crippen LogP contribution in [0.3, 0.4) is 0 Å². The van der Waals surface area contributed by atoms with E-state index in [2.05, 4.69) is 14.9 Å². The summed E-state index contributed by atoms with van der Waals surface area (Å²) >= 11 is 1.51. The van der Waals surface area contributed by atoms with Crippen LogP contribution in [0, 0.1) is 0 Å². The summed E-state index contributed by atoms with van der Waals surface area (Å²) in [6.07, 6.45) is 1.19. The standard InChI is InChI=1S/C8H10N4O2S2/c9-8-7(4-10-12-8)16(13,14)11-3-6-1-2-15-5-6/h1-2,4-5,11H,3H2,(H3,9,10,12). The molecular formula is C8H10N4O2S2. The van der Waals surface area contributed by atoms with Gasteiger partial charge in [-0.25, -0.2) is 13.1 Å². The largest absolute Gasteiger partial charge is 0.383 e. The van der Waals surface area contributed by atoms with E-state index in [0.29, 0.717) is 0 Å². The van der Waals surface area contributed by atoms with E-state index in [1.54, 1.807) is 0 Å². The molecule has 6 nitrogen and oxygen atoms in total. The average molecular weight is 258 g/mol. The van der Waals surface area contributed by atoms with E-state index in [0.717, 1.165) is 5.56 Å². The Morgan fingerprint density at radius 3 is 2.94 bits per heavy atom. The molecule has 2 aromatic rings. The van der Waals surface area contributed by atoms with E-state index in [1.807, 2.05) is 16.8 Å². The van der Waals surface area contributed by atoms with Crippen LogP contribution in [0.2, 0.25) is 0 Å². The van der Waals surface area contributed by atoms with Gasteiger partial charge in [0.2, 0.25) is 10.0 Å². The minimum absolute atomic E-state index is 0.0253. The lowest BCUT2D eigenvalue weighted by molar-refractivity contribution is 0.582. The van der Waals surface area contributed by atoms with Crippen LogP contribution in [-0.2, 0) is 16.6 Å². The molecular weight excluding hydrogens is 248 g/mol. The Labute approximate surface area is 96.5 Å². The Kier molecular flexibility index (Phi) is 2.95. The first-order valence-electron chi connectivity index (χ1n) is 4.39. The highest BCUT2D eigenvalue weighted by Gasteiger charge is 2.18. The van der Waals surface area contributed by atoms with Crippen molar-refractivity contribution in [1.82, 2.24) is 14.9 Å². The number of rotatable bonds is 4. The molecule has 2 heterocycles. The predicted molar refractivity (Wildman–Crippen MR) is 61.3 cm³/mol. The number of thiophene rings is 1. The molecule has 0 amide bonds. The second kappa shape index (κ2) is 4.24. The number of hydrogen-bond donors (Lipinski definition) is 3. The van der Waals surface area contributed by atoms with Crippen molar-refractivity contribution in [3.05, 3.63) is 28.6 Å². The topological polar surface area (TPSA) is 101 Å². The zero-order valence-corrected chi connectivity index (χ0v) is 9.81. The molecule has 0 fully saturated rings. The summed E-state index contributed by atoms with van der Waals surface area (Å²) in [4.78, 5) is -0.0253. The molecule has 0 aromatic carbocycles. The lowest BCUT2D eigenvalue weighted by Gasteiger charge is -2.03. The van der Waals surface area contributed by atoms with Crippen molar-refractivity contribution in [3.8, 4) is 0 Å². The van der Waals surface area contributed by atoms with Crippen LogP contribution in [-0.4, -0.2) is 18.6 Å². The molecule has 0 spiro atoms. The Bertz CT molecular complexity index is 559. The van der Waals surface area contributed by atoms with Gasteiger partial charge in [-0.15, -0.1) is 0 Å². The minimum Gasteiger partial charge on any atom is -0.383 e. The Hall–Kier alpha value is -1.38. The molecule has 16 heavy (non-hydrogen) atoms. The maximum atomic E-state index is 11.8. The van der Waals surface area contributed by atoms with Gasteiger partial charge in [0, 0.05) is 6.54 Å². The summed E-state index contributed by atoms with van der Waals surface area (Å²) in [6.45, 7) is 0.246. The number of nitrogens with zero attached hydrogens (tertiary/aromatic N) is 1. The smallest absolute Gasteiger partial charge is 0.246 e. The Morgan fingerprint density at radius 1 is 1.56 bits per heavy atom. The molecule has 0 radical (unpaired) electrons. The number of aromatic nitrogens is 2. The highest BCUT2D eigenvalue weighted by atomic mass is 32.2. The van der Waals surface area contributed by atoms with Gasteiger partial charge in [-0.2, -0.15) is 16.4 Å². The molecule has 0 unspecified atom stereocenters. The molecule has 4 N–H and O–H groups in total. The molecule has 8 heteroatoms. The molecule has 0 aliphatic heterocycles. The lowest BCUT2D eigenvalue weighted by atomic mass is 10.4. The number of anilines is 1. The molecule has 86 valence electrons. The van der Waals surface area contributed by atoms with E-state index in [-0.39, 0.29) is 17.3 Å². The maximum absolute atomic E-state index is 11.8. The van der Waals surface area contributed by atoms with Crippen LogP contribution in [0.4, 0.5) is 5.82 Å². The van der Waals surface area contributed by atoms with Crippen molar-refractivity contribution in [2.45, 2.75) is 11.4 Å². The van der Waals surface area contributed by atoms with E-state index in [1.165, 1.54) is 17.5 Å². The highest BCUT2D eigenvalue weighted by molar-refractivity contribution is 7.89. The van der Waals surface area contributed by atoms with Crippen LogP contribution >= 0.6 is 11.3 Å². The van der Waals surface area contributed by atoms with Gasteiger partial charge >= 0.3 is 0 Å². The highest BCUT2D eigenvalue weighted by Crippen LogP contribution is 2.14. The summed E-state index contributed by atoms with van der Waals surface area (Å²) < 4.78 is 26.0. The molecule has 0 saturated carbocycles. The third-order valence-electron chi connectivity index (χ3n) is 1.97. The van der Waals surface area contributed by atoms with E-state index < -0.39 is 10.0 Å². The van der Waals surface area contributed by atoms with Gasteiger partial charge in [-0.05, 0) is 22.4 Å². The van der Waals surface area contributed by atoms with Crippen molar-refractivity contribution in [2.75, 3.05) is 5.73 Å². The number of nitrogen functional groups attached to an aromatic ring is 1. The quantitative estimate of drug-likeness (QED) is 0.744. The first-order chi connectivity index (χ1) is 7.59. The van der Waals surface area contributed by atoms with Gasteiger partial charge < -0.3 is 5.73 Å². The maximum Gasteiger partial charge on any atom is 0.246 e. The van der Waals surface area contributed by atoms with E-state index in [9.17, 15) is 8.42 Å². The minimum atomic E-state index is -3.59. The van der Waals surface area contributed by atoms with Gasteiger partial charge in [-0.1, -0.05) is 0 Å². The average Bonchev–Trinajstić information content (AvgIpc) is 2.85. The van der Waals surface area contributed by atoms with Gasteiger partial charge in [-0.3, -0.25) is 5.10 Å². The number of sulfonamides is 1. The van der Waals surface area contributed by atoms with Crippen LogP contribution < -0.4 is 10.5 Å². The third-order valence-corrected chi connectivity index (χ3v) is 4.13. The van der Waals surface area contributed by atoms with Gasteiger partial charge in [0.25, 0.3) is 0 Å². The van der Waals surface area contributed by atoms with Crippen LogP contribution in [0.5, 0.6) is 0 Å². The molecule has 0 aliphatic rings. The van der Waals surface area contributed by atoms with Crippen molar-refractivity contribution >= 4 is 27.2 Å². The van der Waals surface area contributed by atoms with Crippen LogP contribution in [0.15, 0.2) is 27.9 Å². The molecule has 0 aliphatic carbocycles. The second-order valence-electron chi connectivity index (χ2n) is 3.10. The number of hydrogen-bond acceptors (Lipinski definition) is 5. The fraction of sp³-hybridized carbons (Fsp3) is 0.125. The normalized spacial score (nSPS) is 11.8. The molecule has 2 rings (SSSR count). The van der Waals surface area contributed by atoms with Crippen LogP contribution in [0.25, 0.3) is 0 Å². The zero-order valence-electron chi connectivity index (χ0n) is 8.17. The van der Waals surface area contributed by atoms with Crippen molar-refractivity contribution in [1.29, 1.82) is 0 Å². The summed E-state index contributed by atoms with van der Waals surface area (Å²) in [6, 6.07) is 1.85. The predicted octanol–water partition coefficient (Wildman–Crippen LogP) is 0.532. The number of H-pyrrole nitrogens is 1. The first kappa shape index (κ1) is 11.1.